The lowest BCUT2D eigenvalue weighted by Crippen LogP contribution is -2.62. The monoisotopic (exact) mass is 465 g/mol. The second-order valence-electron chi connectivity index (χ2n) is 8.62. The molecule has 2 aromatic carbocycles. The third-order valence-corrected chi connectivity index (χ3v) is 6.67. The van der Waals surface area contributed by atoms with Gasteiger partial charge in [-0.15, -0.1) is 24.8 Å². The second-order valence-corrected chi connectivity index (χ2v) is 8.62. The van der Waals surface area contributed by atoms with Crippen molar-refractivity contribution in [1.82, 2.24) is 10.2 Å². The Balaban J connectivity index is 0.00000171. The molecule has 2 fully saturated rings. The SMILES string of the molecule is CN(C)c1ccccc1-c1cccc(C(=O)N2CC[C@@]3(CO)CCCN[C@@H]3C2)c1.Cl.Cl. The summed E-state index contributed by atoms with van der Waals surface area (Å²) in [5.41, 5.74) is 3.97. The number of carbonyl (C=O) groups excluding carboxylic acids is 1. The Morgan fingerprint density at radius 1 is 1.16 bits per heavy atom. The molecule has 2 aliphatic rings. The third-order valence-electron chi connectivity index (χ3n) is 6.67. The standard InChI is InChI=1S/C24H31N3O2.2ClH/c1-26(2)21-10-4-3-9-20(21)18-7-5-8-19(15-18)23(29)27-14-12-24(17-28)11-6-13-25-22(24)16-27;;/h3-5,7-10,15,22,25,28H,6,11-14,16-17H2,1-2H3;2*1H/t22-,24-;;/m1../s1. The molecule has 0 aliphatic carbocycles. The van der Waals surface area contributed by atoms with Crippen LogP contribution in [0.15, 0.2) is 48.5 Å². The summed E-state index contributed by atoms with van der Waals surface area (Å²) in [4.78, 5) is 17.3. The molecule has 0 radical (unpaired) electrons. The molecule has 170 valence electrons. The van der Waals surface area contributed by atoms with E-state index in [2.05, 4.69) is 28.4 Å². The van der Waals surface area contributed by atoms with Gasteiger partial charge in [-0.05, 0) is 49.6 Å². The van der Waals surface area contributed by atoms with Crippen LogP contribution in [0.2, 0.25) is 0 Å². The fourth-order valence-corrected chi connectivity index (χ4v) is 4.90. The van der Waals surface area contributed by atoms with Gasteiger partial charge < -0.3 is 20.2 Å². The Labute approximate surface area is 197 Å². The number of halogens is 2. The van der Waals surface area contributed by atoms with E-state index in [0.717, 1.165) is 48.2 Å². The van der Waals surface area contributed by atoms with Crippen molar-refractivity contribution in [3.8, 4) is 11.1 Å². The molecule has 7 heteroatoms. The summed E-state index contributed by atoms with van der Waals surface area (Å²) >= 11 is 0. The van der Waals surface area contributed by atoms with E-state index in [9.17, 15) is 9.90 Å². The number of hydrogen-bond donors (Lipinski definition) is 2. The molecular weight excluding hydrogens is 433 g/mol. The van der Waals surface area contributed by atoms with E-state index in [1.54, 1.807) is 0 Å². The normalized spacial score (nSPS) is 22.5. The first-order valence-corrected chi connectivity index (χ1v) is 10.5. The predicted octanol–water partition coefficient (Wildman–Crippen LogP) is 3.84. The topological polar surface area (TPSA) is 55.8 Å². The number of aliphatic hydroxyl groups is 1. The summed E-state index contributed by atoms with van der Waals surface area (Å²) in [6.07, 6.45) is 2.99. The van der Waals surface area contributed by atoms with Gasteiger partial charge in [0.25, 0.3) is 5.91 Å². The molecule has 2 heterocycles. The highest BCUT2D eigenvalue weighted by atomic mass is 35.5. The number of fused-ring (bicyclic) bond motifs is 1. The summed E-state index contributed by atoms with van der Waals surface area (Å²) in [7, 11) is 4.07. The maximum Gasteiger partial charge on any atom is 0.253 e. The van der Waals surface area contributed by atoms with Gasteiger partial charge in [-0.1, -0.05) is 30.3 Å². The molecule has 2 aromatic rings. The fraction of sp³-hybridized carbons (Fsp3) is 0.458. The van der Waals surface area contributed by atoms with Gasteiger partial charge in [-0.2, -0.15) is 0 Å². The number of amides is 1. The molecule has 5 nitrogen and oxygen atoms in total. The maximum atomic E-state index is 13.3. The van der Waals surface area contributed by atoms with Crippen molar-refractivity contribution in [3.05, 3.63) is 54.1 Å². The minimum atomic E-state index is -0.0679. The first kappa shape index (κ1) is 25.5. The first-order chi connectivity index (χ1) is 14.0. The molecule has 0 aromatic heterocycles. The average Bonchev–Trinajstić information content (AvgIpc) is 2.78. The average molecular weight is 466 g/mol. The lowest BCUT2D eigenvalue weighted by Gasteiger charge is -2.50. The highest BCUT2D eigenvalue weighted by Gasteiger charge is 2.44. The Hall–Kier alpha value is -1.79. The van der Waals surface area contributed by atoms with Crippen LogP contribution in [0, 0.1) is 5.41 Å². The Kier molecular flexibility index (Phi) is 8.78. The Bertz CT molecular complexity index is 893. The fourth-order valence-electron chi connectivity index (χ4n) is 4.90. The highest BCUT2D eigenvalue weighted by molar-refractivity contribution is 5.96. The van der Waals surface area contributed by atoms with E-state index in [4.69, 9.17) is 0 Å². The number of nitrogens with zero attached hydrogens (tertiary/aromatic N) is 2. The molecule has 0 spiro atoms. The minimum Gasteiger partial charge on any atom is -0.396 e. The zero-order valence-electron chi connectivity index (χ0n) is 18.2. The van der Waals surface area contributed by atoms with E-state index in [0.29, 0.717) is 13.1 Å². The Morgan fingerprint density at radius 3 is 2.68 bits per heavy atom. The van der Waals surface area contributed by atoms with Crippen LogP contribution in [-0.4, -0.2) is 62.3 Å². The quantitative estimate of drug-likeness (QED) is 0.719. The van der Waals surface area contributed by atoms with Crippen molar-refractivity contribution >= 4 is 36.4 Å². The number of para-hydroxylation sites is 1. The van der Waals surface area contributed by atoms with Crippen LogP contribution in [0.3, 0.4) is 0 Å². The van der Waals surface area contributed by atoms with Gasteiger partial charge in [-0.3, -0.25) is 4.79 Å². The van der Waals surface area contributed by atoms with Gasteiger partial charge in [0.15, 0.2) is 0 Å². The first-order valence-electron chi connectivity index (χ1n) is 10.5. The number of anilines is 1. The number of likely N-dealkylation sites (tertiary alicyclic amines) is 1. The summed E-state index contributed by atoms with van der Waals surface area (Å²) in [5.74, 6) is 0.0769. The molecule has 2 saturated heterocycles. The lowest BCUT2D eigenvalue weighted by atomic mass is 9.70. The van der Waals surface area contributed by atoms with Crippen LogP contribution in [0.25, 0.3) is 11.1 Å². The van der Waals surface area contributed by atoms with Gasteiger partial charge >= 0.3 is 0 Å². The van der Waals surface area contributed by atoms with Crippen LogP contribution < -0.4 is 10.2 Å². The summed E-state index contributed by atoms with van der Waals surface area (Å²) in [6.45, 7) is 2.53. The van der Waals surface area contributed by atoms with Gasteiger partial charge in [0.2, 0.25) is 0 Å². The van der Waals surface area contributed by atoms with Crippen molar-refractivity contribution in [2.24, 2.45) is 5.41 Å². The van der Waals surface area contributed by atoms with Crippen molar-refractivity contribution < 1.29 is 9.90 Å². The molecule has 0 saturated carbocycles. The van der Waals surface area contributed by atoms with Crippen molar-refractivity contribution in [1.29, 1.82) is 0 Å². The number of piperidine rings is 2. The van der Waals surface area contributed by atoms with E-state index in [-0.39, 0.29) is 48.8 Å². The summed E-state index contributed by atoms with van der Waals surface area (Å²) in [6, 6.07) is 16.4. The number of nitrogens with one attached hydrogen (secondary N) is 1. The zero-order chi connectivity index (χ0) is 20.4. The van der Waals surface area contributed by atoms with Gasteiger partial charge in [0.1, 0.15) is 0 Å². The molecule has 2 aliphatic heterocycles. The van der Waals surface area contributed by atoms with Gasteiger partial charge in [0, 0.05) is 55.5 Å². The maximum absolute atomic E-state index is 13.3. The van der Waals surface area contributed by atoms with Crippen LogP contribution in [0.4, 0.5) is 5.69 Å². The van der Waals surface area contributed by atoms with E-state index < -0.39 is 0 Å². The number of carbonyl (C=O) groups is 1. The highest BCUT2D eigenvalue weighted by Crippen LogP contribution is 2.38. The molecule has 2 atom stereocenters. The van der Waals surface area contributed by atoms with E-state index in [1.807, 2.05) is 49.3 Å². The number of benzene rings is 2. The lowest BCUT2D eigenvalue weighted by molar-refractivity contribution is -0.00882. The predicted molar refractivity (Wildman–Crippen MR) is 132 cm³/mol. The molecule has 0 bridgehead atoms. The van der Waals surface area contributed by atoms with Gasteiger partial charge in [-0.25, -0.2) is 0 Å². The molecular formula is C24H33Cl2N3O2. The van der Waals surface area contributed by atoms with E-state index >= 15 is 0 Å². The molecule has 4 rings (SSSR count). The Morgan fingerprint density at radius 2 is 1.94 bits per heavy atom. The van der Waals surface area contributed by atoms with Crippen LogP contribution in [0.1, 0.15) is 29.6 Å². The van der Waals surface area contributed by atoms with Crippen LogP contribution in [-0.2, 0) is 0 Å². The number of aliphatic hydroxyl groups excluding tert-OH is 1. The third kappa shape index (κ3) is 5.01. The van der Waals surface area contributed by atoms with Crippen LogP contribution >= 0.6 is 24.8 Å². The molecule has 1 amide bonds. The number of rotatable bonds is 4. The van der Waals surface area contributed by atoms with Crippen LogP contribution in [0.5, 0.6) is 0 Å². The molecule has 2 N–H and O–H groups in total. The minimum absolute atomic E-state index is 0. The summed E-state index contributed by atoms with van der Waals surface area (Å²) in [5, 5.41) is 13.6. The van der Waals surface area contributed by atoms with Gasteiger partial charge in [0.05, 0.1) is 6.61 Å². The zero-order valence-corrected chi connectivity index (χ0v) is 19.8. The van der Waals surface area contributed by atoms with E-state index in [1.165, 1.54) is 0 Å². The van der Waals surface area contributed by atoms with Crippen molar-refractivity contribution in [2.45, 2.75) is 25.3 Å². The number of hydrogen-bond acceptors (Lipinski definition) is 4. The van der Waals surface area contributed by atoms with Crippen molar-refractivity contribution in [2.75, 3.05) is 45.2 Å². The molecule has 0 unspecified atom stereocenters. The summed E-state index contributed by atoms with van der Waals surface area (Å²) < 4.78 is 0. The molecule has 31 heavy (non-hydrogen) atoms. The largest absolute Gasteiger partial charge is 0.396 e. The smallest absolute Gasteiger partial charge is 0.253 e. The second kappa shape index (κ2) is 10.7. The van der Waals surface area contributed by atoms with Crippen molar-refractivity contribution in [3.63, 3.8) is 0 Å².